The summed E-state index contributed by atoms with van der Waals surface area (Å²) >= 11 is 3.56. The third-order valence-electron chi connectivity index (χ3n) is 4.29. The molecule has 0 aliphatic carbocycles. The van der Waals surface area contributed by atoms with Crippen molar-refractivity contribution in [3.05, 3.63) is 71.3 Å². The predicted octanol–water partition coefficient (Wildman–Crippen LogP) is 6.16. The van der Waals surface area contributed by atoms with Crippen molar-refractivity contribution >= 4 is 33.8 Å². The number of nitrogens with two attached hydrogens (primary N) is 1. The third kappa shape index (κ3) is 18.1. The summed E-state index contributed by atoms with van der Waals surface area (Å²) < 4.78 is 6.05. The molecule has 32 heavy (non-hydrogen) atoms. The van der Waals surface area contributed by atoms with Gasteiger partial charge in [0, 0.05) is 18.9 Å². The number of aliphatic carboxylic acids is 1. The van der Waals surface area contributed by atoms with Gasteiger partial charge in [-0.3, -0.25) is 4.79 Å². The van der Waals surface area contributed by atoms with Gasteiger partial charge in [-0.15, -0.1) is 0 Å². The van der Waals surface area contributed by atoms with Crippen molar-refractivity contribution in [3.8, 4) is 0 Å². The van der Waals surface area contributed by atoms with Crippen LogP contribution in [0, 0.1) is 5.92 Å². The highest BCUT2D eigenvalue weighted by atomic mass is 79.9. The zero-order valence-corrected chi connectivity index (χ0v) is 20.4. The van der Waals surface area contributed by atoms with E-state index in [9.17, 15) is 14.4 Å². The molecule has 6 nitrogen and oxygen atoms in total. The molecule has 0 saturated heterocycles. The van der Waals surface area contributed by atoms with Crippen LogP contribution in [0.2, 0.25) is 0 Å². The highest BCUT2D eigenvalue weighted by Gasteiger charge is 2.12. The number of carbonyl (C=O) groups excluding carboxylic acids is 2. The van der Waals surface area contributed by atoms with Crippen LogP contribution in [0.1, 0.15) is 52.4 Å². The second-order valence-electron chi connectivity index (χ2n) is 7.09. The summed E-state index contributed by atoms with van der Waals surface area (Å²) in [6, 6.07) is 0. The minimum Gasteiger partial charge on any atom is -0.478 e. The summed E-state index contributed by atoms with van der Waals surface area (Å²) in [5, 5.41) is 8.46. The first-order valence-electron chi connectivity index (χ1n) is 10.7. The van der Waals surface area contributed by atoms with Gasteiger partial charge < -0.3 is 15.6 Å². The summed E-state index contributed by atoms with van der Waals surface area (Å²) in [5.41, 5.74) is 5.09. The number of Topliss-reactive ketones (excluding diaryl/α,β-unsaturated/α-hetero) is 1. The van der Waals surface area contributed by atoms with Crippen molar-refractivity contribution in [2.45, 2.75) is 58.5 Å². The van der Waals surface area contributed by atoms with Crippen LogP contribution in [0.3, 0.4) is 0 Å². The molecule has 3 N–H and O–H groups in total. The lowest BCUT2D eigenvalue weighted by molar-refractivity contribution is -0.131. The van der Waals surface area contributed by atoms with E-state index < -0.39 is 12.1 Å². The largest absolute Gasteiger partial charge is 0.478 e. The molecule has 2 atom stereocenters. The fourth-order valence-electron chi connectivity index (χ4n) is 2.54. The lowest BCUT2D eigenvalue weighted by Crippen LogP contribution is -2.21. The number of ketones is 1. The minimum absolute atomic E-state index is 0.191. The molecule has 2 unspecified atom stereocenters. The van der Waals surface area contributed by atoms with E-state index >= 15 is 0 Å². The van der Waals surface area contributed by atoms with Crippen LogP contribution in [0.25, 0.3) is 0 Å². The Balaban J connectivity index is 4.28. The SMILES string of the molecule is CC/C=C/C(CCCC(=O)CCC(C)/C(Br)=C/C=C/C=C/C=C/C=C/C(=O)O)OC(N)=O. The van der Waals surface area contributed by atoms with E-state index in [2.05, 4.69) is 22.9 Å². The molecule has 0 aromatic carbocycles. The van der Waals surface area contributed by atoms with Crippen LogP contribution < -0.4 is 5.73 Å². The van der Waals surface area contributed by atoms with Crippen LogP contribution in [0.5, 0.6) is 0 Å². The molecule has 0 bridgehead atoms. The summed E-state index contributed by atoms with van der Waals surface area (Å²) in [7, 11) is 0. The second kappa shape index (κ2) is 19.0. The van der Waals surface area contributed by atoms with E-state index in [1.54, 1.807) is 18.2 Å². The van der Waals surface area contributed by atoms with E-state index in [1.807, 2.05) is 43.4 Å². The molecule has 0 heterocycles. The van der Waals surface area contributed by atoms with Gasteiger partial charge in [0.25, 0.3) is 0 Å². The number of primary amides is 1. The van der Waals surface area contributed by atoms with Crippen LogP contribution in [0.4, 0.5) is 4.79 Å². The Kier molecular flexibility index (Phi) is 17.5. The van der Waals surface area contributed by atoms with Gasteiger partial charge in [-0.2, -0.15) is 0 Å². The summed E-state index contributed by atoms with van der Waals surface area (Å²) in [5.74, 6) is -0.573. The van der Waals surface area contributed by atoms with Gasteiger partial charge in [-0.1, -0.05) is 84.5 Å². The average Bonchev–Trinajstić information content (AvgIpc) is 2.73. The lowest BCUT2D eigenvalue weighted by Gasteiger charge is -2.13. The van der Waals surface area contributed by atoms with Gasteiger partial charge in [0.05, 0.1) is 0 Å². The number of rotatable bonds is 16. The summed E-state index contributed by atoms with van der Waals surface area (Å²) in [6.07, 6.45) is 21.5. The molecular formula is C25H34BrNO5. The Morgan fingerprint density at radius 2 is 1.62 bits per heavy atom. The maximum atomic E-state index is 12.2. The average molecular weight is 508 g/mol. The number of amides is 1. The topological polar surface area (TPSA) is 107 Å². The van der Waals surface area contributed by atoms with E-state index in [-0.39, 0.29) is 17.8 Å². The van der Waals surface area contributed by atoms with E-state index in [1.165, 1.54) is 6.08 Å². The Bertz CT molecular complexity index is 762. The first-order chi connectivity index (χ1) is 15.3. The summed E-state index contributed by atoms with van der Waals surface area (Å²) in [4.78, 5) is 33.4. The minimum atomic E-state index is -0.979. The smallest absolute Gasteiger partial charge is 0.405 e. The molecule has 176 valence electrons. The maximum absolute atomic E-state index is 12.2. The first-order valence-corrected chi connectivity index (χ1v) is 11.5. The Morgan fingerprint density at radius 1 is 1.00 bits per heavy atom. The van der Waals surface area contributed by atoms with Gasteiger partial charge in [-0.25, -0.2) is 9.59 Å². The molecular weight excluding hydrogens is 474 g/mol. The van der Waals surface area contributed by atoms with Crippen molar-refractivity contribution in [1.29, 1.82) is 0 Å². The van der Waals surface area contributed by atoms with Crippen LogP contribution in [-0.4, -0.2) is 29.1 Å². The Labute approximate surface area is 199 Å². The molecule has 0 rings (SSSR count). The number of carboxylic acid groups (broad SMARTS) is 1. The molecule has 7 heteroatoms. The van der Waals surface area contributed by atoms with E-state index in [0.29, 0.717) is 25.7 Å². The van der Waals surface area contributed by atoms with E-state index in [4.69, 9.17) is 15.6 Å². The van der Waals surface area contributed by atoms with Crippen LogP contribution in [-0.2, 0) is 14.3 Å². The number of ether oxygens (including phenoxy) is 1. The number of allylic oxidation sites excluding steroid dienone is 10. The molecule has 0 fully saturated rings. The molecule has 0 aromatic rings. The van der Waals surface area contributed by atoms with Crippen LogP contribution in [0.15, 0.2) is 71.3 Å². The standard InChI is InChI=1S/C25H34BrNO5/c1-3-4-14-22(32-25(27)31)15-12-13-21(28)19-18-20(2)23(26)16-10-8-6-5-7-9-11-17-24(29)30/h4-11,14,16-17,20,22H,3,12-13,15,18-19H2,1-2H3,(H2,27,31)(H,29,30)/b6-5+,9-7+,10-8+,14-4+,17-11+,23-16-. The third-order valence-corrected chi connectivity index (χ3v) is 5.33. The van der Waals surface area contributed by atoms with E-state index in [0.717, 1.165) is 23.4 Å². The molecule has 0 aliphatic rings. The Morgan fingerprint density at radius 3 is 2.22 bits per heavy atom. The molecule has 0 aliphatic heterocycles. The van der Waals surface area contributed by atoms with Gasteiger partial charge in [0.2, 0.25) is 0 Å². The quantitative estimate of drug-likeness (QED) is 0.148. The van der Waals surface area contributed by atoms with Crippen molar-refractivity contribution < 1.29 is 24.2 Å². The fourth-order valence-corrected chi connectivity index (χ4v) is 2.92. The molecule has 0 saturated carbocycles. The molecule has 0 radical (unpaired) electrons. The second-order valence-corrected chi connectivity index (χ2v) is 8.00. The van der Waals surface area contributed by atoms with Gasteiger partial charge >= 0.3 is 12.1 Å². The predicted molar refractivity (Wildman–Crippen MR) is 132 cm³/mol. The zero-order valence-electron chi connectivity index (χ0n) is 18.8. The number of hydrogen-bond acceptors (Lipinski definition) is 4. The number of carbonyl (C=O) groups is 3. The number of hydrogen-bond donors (Lipinski definition) is 2. The highest BCUT2D eigenvalue weighted by molar-refractivity contribution is 9.11. The lowest BCUT2D eigenvalue weighted by atomic mass is 10.00. The number of carboxylic acids is 1. The van der Waals surface area contributed by atoms with Crippen molar-refractivity contribution in [2.24, 2.45) is 11.7 Å². The highest BCUT2D eigenvalue weighted by Crippen LogP contribution is 2.23. The van der Waals surface area contributed by atoms with Crippen LogP contribution >= 0.6 is 15.9 Å². The maximum Gasteiger partial charge on any atom is 0.405 e. The fraction of sp³-hybridized carbons (Fsp3) is 0.400. The first kappa shape index (κ1) is 29.3. The summed E-state index contributed by atoms with van der Waals surface area (Å²) in [6.45, 7) is 4.05. The molecule has 0 aromatic heterocycles. The monoisotopic (exact) mass is 507 g/mol. The van der Waals surface area contributed by atoms with Gasteiger partial charge in [0.15, 0.2) is 0 Å². The molecule has 0 spiro atoms. The molecule has 1 amide bonds. The Hall–Kier alpha value is -2.67. The van der Waals surface area contributed by atoms with Crippen molar-refractivity contribution in [3.63, 3.8) is 0 Å². The van der Waals surface area contributed by atoms with Gasteiger partial charge in [-0.05, 0) is 42.2 Å². The zero-order chi connectivity index (χ0) is 24.2. The number of halogens is 1. The van der Waals surface area contributed by atoms with Crippen molar-refractivity contribution in [2.75, 3.05) is 0 Å². The van der Waals surface area contributed by atoms with Crippen molar-refractivity contribution in [1.82, 2.24) is 0 Å². The normalized spacial score (nSPS) is 14.8. The van der Waals surface area contributed by atoms with Gasteiger partial charge in [0.1, 0.15) is 11.9 Å².